The molecule has 54 heavy (non-hydrogen) atoms. The van der Waals surface area contributed by atoms with Crippen LogP contribution in [0.25, 0.3) is 0 Å². The van der Waals surface area contributed by atoms with Gasteiger partial charge in [-0.25, -0.2) is 0 Å². The van der Waals surface area contributed by atoms with Crippen LogP contribution >= 0.6 is 0 Å². The third kappa shape index (κ3) is 39.1. The highest BCUT2D eigenvalue weighted by Gasteiger charge is 2.22. The van der Waals surface area contributed by atoms with E-state index in [9.17, 15) is 20.1 Å². The van der Waals surface area contributed by atoms with Gasteiger partial charge in [0, 0.05) is 0 Å². The molecule has 4 N–H and O–H groups in total. The summed E-state index contributed by atoms with van der Waals surface area (Å²) < 4.78 is 0. The smallest absolute Gasteiger partial charge is 0.249 e. The number of aliphatic hydroxyl groups excluding tert-OH is 3. The van der Waals surface area contributed by atoms with E-state index < -0.39 is 24.2 Å². The van der Waals surface area contributed by atoms with Gasteiger partial charge in [0.15, 0.2) is 0 Å². The Labute approximate surface area is 337 Å². The topological polar surface area (TPSA) is 89.8 Å². The van der Waals surface area contributed by atoms with E-state index in [1.165, 1.54) is 199 Å². The first-order valence-corrected chi connectivity index (χ1v) is 24.2. The van der Waals surface area contributed by atoms with Gasteiger partial charge in [-0.2, -0.15) is 0 Å². The molecule has 320 valence electrons. The number of hydrogen-bond donors (Lipinski definition) is 4. The maximum absolute atomic E-state index is 12.4. The number of allylic oxidation sites excluding steroid dienone is 3. The third-order valence-corrected chi connectivity index (χ3v) is 11.3. The van der Waals surface area contributed by atoms with Gasteiger partial charge in [-0.1, -0.05) is 250 Å². The molecule has 0 bridgehead atoms. The Bertz CT molecular complexity index is 799. The molecule has 5 heteroatoms. The summed E-state index contributed by atoms with van der Waals surface area (Å²) >= 11 is 0. The van der Waals surface area contributed by atoms with E-state index in [0.717, 1.165) is 38.5 Å². The number of unbranched alkanes of at least 4 members (excludes halogenated alkanes) is 34. The molecule has 0 heterocycles. The zero-order chi connectivity index (χ0) is 39.4. The second kappa shape index (κ2) is 44.5. The van der Waals surface area contributed by atoms with Gasteiger partial charge in [0.25, 0.3) is 0 Å². The first kappa shape index (κ1) is 52.8. The molecule has 0 radical (unpaired) electrons. The zero-order valence-corrected chi connectivity index (χ0v) is 36.4. The molecular formula is C49H95NO4. The van der Waals surface area contributed by atoms with Crippen LogP contribution in [0, 0.1) is 0 Å². The summed E-state index contributed by atoms with van der Waals surface area (Å²) in [7, 11) is 0. The molecule has 0 saturated carbocycles. The van der Waals surface area contributed by atoms with E-state index in [1.807, 2.05) is 6.08 Å². The molecule has 5 nitrogen and oxygen atoms in total. The molecule has 0 fully saturated rings. The molecule has 0 rings (SSSR count). The summed E-state index contributed by atoms with van der Waals surface area (Å²) in [5.41, 5.74) is 0. The van der Waals surface area contributed by atoms with Gasteiger partial charge < -0.3 is 20.6 Å². The SMILES string of the molecule is CCCCCC/C=C/CC/C=C/C(O)C(CO)NC(=O)C(O)CCCCCCCCCCCCCCCCCCCCCCCCCCCCCCCC. The Hall–Kier alpha value is -1.17. The normalized spacial score (nSPS) is 13.6. The molecule has 1 amide bonds. The van der Waals surface area contributed by atoms with E-state index in [-0.39, 0.29) is 6.61 Å². The number of carbonyl (C=O) groups excluding carboxylic acids is 1. The van der Waals surface area contributed by atoms with Gasteiger partial charge >= 0.3 is 0 Å². The molecule has 0 spiro atoms. The van der Waals surface area contributed by atoms with Gasteiger partial charge in [0.1, 0.15) is 6.10 Å². The molecular weight excluding hydrogens is 667 g/mol. The van der Waals surface area contributed by atoms with Crippen molar-refractivity contribution < 1.29 is 20.1 Å². The van der Waals surface area contributed by atoms with Crippen molar-refractivity contribution in [2.75, 3.05) is 6.61 Å². The summed E-state index contributed by atoms with van der Waals surface area (Å²) in [6.07, 6.45) is 55.4. The summed E-state index contributed by atoms with van der Waals surface area (Å²) in [4.78, 5) is 12.4. The highest BCUT2D eigenvalue weighted by Crippen LogP contribution is 2.17. The maximum atomic E-state index is 12.4. The zero-order valence-electron chi connectivity index (χ0n) is 36.4. The molecule has 0 aliphatic rings. The van der Waals surface area contributed by atoms with Crippen LogP contribution in [0.1, 0.15) is 258 Å². The molecule has 0 aromatic rings. The summed E-state index contributed by atoms with van der Waals surface area (Å²) in [6.45, 7) is 4.14. The van der Waals surface area contributed by atoms with Crippen molar-refractivity contribution in [1.29, 1.82) is 0 Å². The maximum Gasteiger partial charge on any atom is 0.249 e. The monoisotopic (exact) mass is 762 g/mol. The molecule has 0 saturated heterocycles. The standard InChI is InChI=1S/C49H95NO4/c1-3-5-7-9-11-13-15-16-17-18-19-20-21-22-23-24-25-26-27-28-29-30-31-32-33-34-36-38-40-42-44-48(53)49(54)50-46(45-51)47(52)43-41-39-37-35-14-12-10-8-6-4-2/h14,35,41,43,46-48,51-53H,3-13,15-34,36-40,42,44-45H2,1-2H3,(H,50,54)/b35-14+,43-41+. The van der Waals surface area contributed by atoms with Crippen LogP contribution in [-0.2, 0) is 4.79 Å². The lowest BCUT2D eigenvalue weighted by molar-refractivity contribution is -0.131. The minimum absolute atomic E-state index is 0.374. The third-order valence-electron chi connectivity index (χ3n) is 11.3. The molecule has 0 aromatic heterocycles. The van der Waals surface area contributed by atoms with E-state index >= 15 is 0 Å². The number of amides is 1. The predicted molar refractivity (Wildman–Crippen MR) is 236 cm³/mol. The van der Waals surface area contributed by atoms with Crippen molar-refractivity contribution in [1.82, 2.24) is 5.32 Å². The van der Waals surface area contributed by atoms with Crippen LogP contribution in [-0.4, -0.2) is 46.1 Å². The van der Waals surface area contributed by atoms with Crippen molar-refractivity contribution in [2.45, 2.75) is 276 Å². The molecule has 3 atom stereocenters. The average Bonchev–Trinajstić information content (AvgIpc) is 3.18. The van der Waals surface area contributed by atoms with Crippen molar-refractivity contribution >= 4 is 5.91 Å². The van der Waals surface area contributed by atoms with Crippen LogP contribution in [0.2, 0.25) is 0 Å². The fourth-order valence-corrected chi connectivity index (χ4v) is 7.50. The van der Waals surface area contributed by atoms with Crippen LogP contribution in [0.5, 0.6) is 0 Å². The lowest BCUT2D eigenvalue weighted by Crippen LogP contribution is -2.48. The van der Waals surface area contributed by atoms with Gasteiger partial charge in [0.2, 0.25) is 5.91 Å². The Morgan fingerprint density at radius 1 is 0.444 bits per heavy atom. The number of carbonyl (C=O) groups is 1. The lowest BCUT2D eigenvalue weighted by Gasteiger charge is -2.21. The molecule has 3 unspecified atom stereocenters. The highest BCUT2D eigenvalue weighted by molar-refractivity contribution is 5.80. The number of nitrogens with one attached hydrogen (secondary N) is 1. The second-order valence-electron chi connectivity index (χ2n) is 16.7. The summed E-state index contributed by atoms with van der Waals surface area (Å²) in [5, 5.41) is 33.0. The minimum Gasteiger partial charge on any atom is -0.394 e. The Kier molecular flexibility index (Phi) is 43.6. The summed E-state index contributed by atoms with van der Waals surface area (Å²) in [6, 6.07) is -0.809. The Balaban J connectivity index is 3.48. The van der Waals surface area contributed by atoms with E-state index in [2.05, 4.69) is 31.3 Å². The van der Waals surface area contributed by atoms with Gasteiger partial charge in [-0.15, -0.1) is 0 Å². The minimum atomic E-state index is -1.10. The van der Waals surface area contributed by atoms with Crippen molar-refractivity contribution in [2.24, 2.45) is 0 Å². The van der Waals surface area contributed by atoms with E-state index in [4.69, 9.17) is 0 Å². The van der Waals surface area contributed by atoms with Crippen LogP contribution in [0.3, 0.4) is 0 Å². The quantitative estimate of drug-likeness (QED) is 0.0368. The van der Waals surface area contributed by atoms with E-state index in [0.29, 0.717) is 6.42 Å². The second-order valence-corrected chi connectivity index (χ2v) is 16.7. The number of aliphatic hydroxyl groups is 3. The van der Waals surface area contributed by atoms with Gasteiger partial charge in [0.05, 0.1) is 18.8 Å². The average molecular weight is 762 g/mol. The molecule has 0 aromatic carbocycles. The number of hydrogen-bond acceptors (Lipinski definition) is 4. The van der Waals surface area contributed by atoms with Gasteiger partial charge in [-0.3, -0.25) is 4.79 Å². The van der Waals surface area contributed by atoms with Crippen molar-refractivity contribution in [3.8, 4) is 0 Å². The largest absolute Gasteiger partial charge is 0.394 e. The predicted octanol–water partition coefficient (Wildman–Crippen LogP) is 14.2. The summed E-state index contributed by atoms with van der Waals surface area (Å²) in [5.74, 6) is -0.511. The first-order chi connectivity index (χ1) is 26.6. The van der Waals surface area contributed by atoms with Crippen LogP contribution < -0.4 is 5.32 Å². The van der Waals surface area contributed by atoms with E-state index in [1.54, 1.807) is 6.08 Å². The Morgan fingerprint density at radius 2 is 0.759 bits per heavy atom. The Morgan fingerprint density at radius 3 is 1.13 bits per heavy atom. The van der Waals surface area contributed by atoms with Crippen LogP contribution in [0.4, 0.5) is 0 Å². The fraction of sp³-hybridized carbons (Fsp3) is 0.898. The molecule has 0 aliphatic heterocycles. The highest BCUT2D eigenvalue weighted by atomic mass is 16.3. The fourth-order valence-electron chi connectivity index (χ4n) is 7.50. The van der Waals surface area contributed by atoms with Crippen molar-refractivity contribution in [3.63, 3.8) is 0 Å². The number of rotatable bonds is 44. The van der Waals surface area contributed by atoms with Crippen LogP contribution in [0.15, 0.2) is 24.3 Å². The first-order valence-electron chi connectivity index (χ1n) is 24.2. The molecule has 0 aliphatic carbocycles. The lowest BCUT2D eigenvalue weighted by atomic mass is 10.0. The van der Waals surface area contributed by atoms with Gasteiger partial charge in [-0.05, 0) is 32.1 Å². The van der Waals surface area contributed by atoms with Crippen molar-refractivity contribution in [3.05, 3.63) is 24.3 Å².